The second kappa shape index (κ2) is 7.37. The van der Waals surface area contributed by atoms with Crippen LogP contribution >= 0.6 is 0 Å². The third kappa shape index (κ3) is 4.81. The van der Waals surface area contributed by atoms with Gasteiger partial charge in [0.25, 0.3) is 0 Å². The van der Waals surface area contributed by atoms with E-state index in [1.54, 1.807) is 19.2 Å². The molecule has 0 aliphatic heterocycles. The Balaban J connectivity index is 2.51. The molecule has 1 rings (SSSR count). The molecule has 0 aromatic heterocycles. The molecule has 1 aromatic carbocycles. The van der Waals surface area contributed by atoms with Crippen LogP contribution in [0.5, 0.6) is 0 Å². The second-order valence-corrected chi connectivity index (χ2v) is 4.04. The molecule has 17 heavy (non-hydrogen) atoms. The van der Waals surface area contributed by atoms with Crippen LogP contribution in [0.25, 0.3) is 0 Å². The van der Waals surface area contributed by atoms with Gasteiger partial charge in [0.05, 0.1) is 6.61 Å². The molecule has 0 radical (unpaired) electrons. The van der Waals surface area contributed by atoms with Crippen molar-refractivity contribution in [2.45, 2.75) is 13.0 Å². The van der Waals surface area contributed by atoms with Crippen LogP contribution in [0.2, 0.25) is 0 Å². The van der Waals surface area contributed by atoms with E-state index < -0.39 is 0 Å². The Morgan fingerprint density at radius 3 is 2.53 bits per heavy atom. The number of rotatable bonds is 7. The Morgan fingerprint density at radius 2 is 2.00 bits per heavy atom. The van der Waals surface area contributed by atoms with Crippen LogP contribution in [0.1, 0.15) is 18.5 Å². The number of methoxy groups -OCH3 is 1. The van der Waals surface area contributed by atoms with Crippen LogP contribution in [-0.4, -0.2) is 38.3 Å². The van der Waals surface area contributed by atoms with Crippen molar-refractivity contribution in [3.8, 4) is 0 Å². The van der Waals surface area contributed by atoms with Crippen molar-refractivity contribution < 1.29 is 9.13 Å². The normalized spacial score (nSPS) is 13.0. The molecule has 1 aromatic rings. The molecule has 0 aliphatic rings. The highest BCUT2D eigenvalue weighted by molar-refractivity contribution is 5.19. The zero-order valence-electron chi connectivity index (χ0n) is 10.5. The molecule has 0 saturated carbocycles. The van der Waals surface area contributed by atoms with Crippen LogP contribution in [0.4, 0.5) is 4.39 Å². The first-order valence-electron chi connectivity index (χ1n) is 5.89. The summed E-state index contributed by atoms with van der Waals surface area (Å²) >= 11 is 0. The molecule has 0 bridgehead atoms. The van der Waals surface area contributed by atoms with Gasteiger partial charge in [-0.05, 0) is 24.2 Å². The van der Waals surface area contributed by atoms with Crippen LogP contribution in [0.15, 0.2) is 24.3 Å². The quantitative estimate of drug-likeness (QED) is 0.789. The van der Waals surface area contributed by atoms with Gasteiger partial charge in [0.2, 0.25) is 0 Å². The lowest BCUT2D eigenvalue weighted by Gasteiger charge is -2.24. The van der Waals surface area contributed by atoms with E-state index in [1.165, 1.54) is 12.1 Å². The molecule has 0 amide bonds. The number of halogens is 1. The van der Waals surface area contributed by atoms with Crippen molar-refractivity contribution in [2.24, 2.45) is 5.73 Å². The fourth-order valence-electron chi connectivity index (χ4n) is 1.69. The lowest BCUT2D eigenvalue weighted by Crippen LogP contribution is -2.34. The highest BCUT2D eigenvalue weighted by Crippen LogP contribution is 2.12. The molecule has 0 spiro atoms. The number of nitrogens with zero attached hydrogens (tertiary/aromatic N) is 1. The average molecular weight is 240 g/mol. The average Bonchev–Trinajstić information content (AvgIpc) is 2.35. The summed E-state index contributed by atoms with van der Waals surface area (Å²) in [4.78, 5) is 2.22. The topological polar surface area (TPSA) is 38.5 Å². The summed E-state index contributed by atoms with van der Waals surface area (Å²) < 4.78 is 17.8. The van der Waals surface area contributed by atoms with E-state index in [4.69, 9.17) is 10.5 Å². The molecule has 2 N–H and O–H groups in total. The van der Waals surface area contributed by atoms with Crippen molar-refractivity contribution in [1.29, 1.82) is 0 Å². The van der Waals surface area contributed by atoms with Gasteiger partial charge in [0.15, 0.2) is 0 Å². The molecule has 3 nitrogen and oxygen atoms in total. The molecule has 1 unspecified atom stereocenters. The van der Waals surface area contributed by atoms with Crippen molar-refractivity contribution >= 4 is 0 Å². The van der Waals surface area contributed by atoms with E-state index in [0.29, 0.717) is 6.61 Å². The third-order valence-corrected chi connectivity index (χ3v) is 2.81. The van der Waals surface area contributed by atoms with Gasteiger partial charge < -0.3 is 10.5 Å². The van der Waals surface area contributed by atoms with Crippen molar-refractivity contribution in [2.75, 3.05) is 33.4 Å². The predicted molar refractivity (Wildman–Crippen MR) is 67.3 cm³/mol. The van der Waals surface area contributed by atoms with Gasteiger partial charge in [-0.1, -0.05) is 19.1 Å². The minimum absolute atomic E-state index is 0.0904. The Kier molecular flexibility index (Phi) is 6.11. The van der Waals surface area contributed by atoms with E-state index in [-0.39, 0.29) is 11.9 Å². The summed E-state index contributed by atoms with van der Waals surface area (Å²) in [5.74, 6) is -0.229. The lowest BCUT2D eigenvalue weighted by molar-refractivity contribution is 0.147. The maximum atomic E-state index is 12.8. The van der Waals surface area contributed by atoms with Gasteiger partial charge in [-0.25, -0.2) is 4.39 Å². The number of nitrogens with two attached hydrogens (primary N) is 1. The van der Waals surface area contributed by atoms with Gasteiger partial charge >= 0.3 is 0 Å². The molecule has 0 fully saturated rings. The fourth-order valence-corrected chi connectivity index (χ4v) is 1.69. The van der Waals surface area contributed by atoms with E-state index in [2.05, 4.69) is 11.8 Å². The smallest absolute Gasteiger partial charge is 0.123 e. The molecule has 0 aliphatic carbocycles. The van der Waals surface area contributed by atoms with Gasteiger partial charge in [-0.15, -0.1) is 0 Å². The van der Waals surface area contributed by atoms with Crippen LogP contribution < -0.4 is 5.73 Å². The summed E-state index contributed by atoms with van der Waals surface area (Å²) in [6.45, 7) is 5.34. The molecule has 96 valence electrons. The maximum absolute atomic E-state index is 12.8. The lowest BCUT2D eigenvalue weighted by atomic mass is 10.1. The van der Waals surface area contributed by atoms with Crippen LogP contribution in [0.3, 0.4) is 0 Å². The standard InChI is InChI=1S/C13H21FN2O/c1-3-16(8-9-17-2)10-13(15)11-4-6-12(14)7-5-11/h4-7,13H,3,8-10,15H2,1-2H3. The van der Waals surface area contributed by atoms with Crippen molar-refractivity contribution in [1.82, 2.24) is 4.90 Å². The first-order valence-corrected chi connectivity index (χ1v) is 5.89. The minimum Gasteiger partial charge on any atom is -0.383 e. The third-order valence-electron chi connectivity index (χ3n) is 2.81. The van der Waals surface area contributed by atoms with Gasteiger partial charge in [-0.3, -0.25) is 4.90 Å². The summed E-state index contributed by atoms with van der Waals surface area (Å²) in [5, 5.41) is 0. The molecule has 4 heteroatoms. The first kappa shape index (κ1) is 14.1. The number of benzene rings is 1. The SMILES string of the molecule is CCN(CCOC)CC(N)c1ccc(F)cc1. The molecular weight excluding hydrogens is 219 g/mol. The van der Waals surface area contributed by atoms with Gasteiger partial charge in [0.1, 0.15) is 5.82 Å². The first-order chi connectivity index (χ1) is 8.17. The zero-order chi connectivity index (χ0) is 12.7. The second-order valence-electron chi connectivity index (χ2n) is 4.04. The number of hydrogen-bond donors (Lipinski definition) is 1. The van der Waals surface area contributed by atoms with Crippen LogP contribution in [-0.2, 0) is 4.74 Å². The fraction of sp³-hybridized carbons (Fsp3) is 0.538. The maximum Gasteiger partial charge on any atom is 0.123 e. The van der Waals surface area contributed by atoms with Crippen LogP contribution in [0, 0.1) is 5.82 Å². The van der Waals surface area contributed by atoms with Crippen molar-refractivity contribution in [3.63, 3.8) is 0 Å². The van der Waals surface area contributed by atoms with E-state index in [0.717, 1.165) is 25.2 Å². The molecule has 0 heterocycles. The van der Waals surface area contributed by atoms with Gasteiger partial charge in [0, 0.05) is 26.2 Å². The summed E-state index contributed by atoms with van der Waals surface area (Å²) in [7, 11) is 1.69. The van der Waals surface area contributed by atoms with E-state index in [9.17, 15) is 4.39 Å². The monoisotopic (exact) mass is 240 g/mol. The van der Waals surface area contributed by atoms with E-state index in [1.807, 2.05) is 0 Å². The highest BCUT2D eigenvalue weighted by Gasteiger charge is 2.10. The molecule has 0 saturated heterocycles. The summed E-state index contributed by atoms with van der Waals surface area (Å²) in [5.41, 5.74) is 7.05. The zero-order valence-corrected chi connectivity index (χ0v) is 10.5. The highest BCUT2D eigenvalue weighted by atomic mass is 19.1. The minimum atomic E-state index is -0.229. The molecular formula is C13H21FN2O. The largest absolute Gasteiger partial charge is 0.383 e. The number of likely N-dealkylation sites (N-methyl/N-ethyl adjacent to an activating group) is 1. The Labute approximate surface area is 102 Å². The summed E-state index contributed by atoms with van der Waals surface area (Å²) in [6, 6.07) is 6.28. The van der Waals surface area contributed by atoms with Gasteiger partial charge in [-0.2, -0.15) is 0 Å². The number of hydrogen-bond acceptors (Lipinski definition) is 3. The Hall–Kier alpha value is -0.970. The Bertz CT molecular complexity index is 316. The Morgan fingerprint density at radius 1 is 1.35 bits per heavy atom. The summed E-state index contributed by atoms with van der Waals surface area (Å²) in [6.07, 6.45) is 0. The predicted octanol–water partition coefficient (Wildman–Crippen LogP) is 1.79. The number of ether oxygens (including phenoxy) is 1. The van der Waals surface area contributed by atoms with Crippen molar-refractivity contribution in [3.05, 3.63) is 35.6 Å². The molecule has 1 atom stereocenters. The van der Waals surface area contributed by atoms with E-state index >= 15 is 0 Å².